The fraction of sp³-hybridized carbons (Fsp3) is 0.533. The Morgan fingerprint density at radius 1 is 1.21 bits per heavy atom. The lowest BCUT2D eigenvalue weighted by atomic mass is 10.1. The molecule has 0 radical (unpaired) electrons. The average molecular weight is 261 g/mol. The van der Waals surface area contributed by atoms with Crippen LogP contribution in [0.2, 0.25) is 0 Å². The van der Waals surface area contributed by atoms with Crippen LogP contribution in [0.25, 0.3) is 0 Å². The van der Waals surface area contributed by atoms with Crippen molar-refractivity contribution >= 4 is 5.91 Å². The SMILES string of the molecule is C[C@@H](N)C(=O)N1CCN(CCc2ccccc2)CC1. The summed E-state index contributed by atoms with van der Waals surface area (Å²) >= 11 is 0. The summed E-state index contributed by atoms with van der Waals surface area (Å²) in [6.45, 7) is 6.31. The Hall–Kier alpha value is -1.39. The molecular formula is C15H23N3O. The monoisotopic (exact) mass is 261 g/mol. The zero-order valence-corrected chi connectivity index (χ0v) is 11.6. The van der Waals surface area contributed by atoms with E-state index in [-0.39, 0.29) is 11.9 Å². The standard InChI is InChI=1S/C15H23N3O/c1-13(16)15(19)18-11-9-17(10-12-18)8-7-14-5-3-2-4-6-14/h2-6,13H,7-12,16H2,1H3/t13-/m1/s1. The molecule has 0 unspecified atom stereocenters. The second-order valence-electron chi connectivity index (χ2n) is 5.19. The van der Waals surface area contributed by atoms with Crippen LogP contribution in [0.5, 0.6) is 0 Å². The van der Waals surface area contributed by atoms with Gasteiger partial charge in [0.25, 0.3) is 0 Å². The molecule has 4 nitrogen and oxygen atoms in total. The third-order valence-corrected chi connectivity index (χ3v) is 3.63. The van der Waals surface area contributed by atoms with Gasteiger partial charge in [0.05, 0.1) is 6.04 Å². The number of hydrogen-bond donors (Lipinski definition) is 1. The Balaban J connectivity index is 1.73. The number of carbonyl (C=O) groups is 1. The van der Waals surface area contributed by atoms with Crippen LogP contribution < -0.4 is 5.73 Å². The van der Waals surface area contributed by atoms with Crippen molar-refractivity contribution in [1.29, 1.82) is 0 Å². The number of nitrogens with zero attached hydrogens (tertiary/aromatic N) is 2. The number of amides is 1. The van der Waals surface area contributed by atoms with Crippen molar-refractivity contribution in [2.24, 2.45) is 5.73 Å². The van der Waals surface area contributed by atoms with Gasteiger partial charge in [0.15, 0.2) is 0 Å². The molecule has 1 fully saturated rings. The number of nitrogens with two attached hydrogens (primary N) is 1. The highest BCUT2D eigenvalue weighted by Gasteiger charge is 2.22. The van der Waals surface area contributed by atoms with E-state index >= 15 is 0 Å². The predicted molar refractivity (Wildman–Crippen MR) is 76.8 cm³/mol. The first-order valence-corrected chi connectivity index (χ1v) is 6.97. The summed E-state index contributed by atoms with van der Waals surface area (Å²) in [5.74, 6) is 0.0720. The molecule has 1 saturated heterocycles. The maximum Gasteiger partial charge on any atom is 0.239 e. The molecule has 1 amide bonds. The van der Waals surface area contributed by atoms with E-state index in [0.29, 0.717) is 0 Å². The van der Waals surface area contributed by atoms with E-state index in [1.54, 1.807) is 6.92 Å². The Morgan fingerprint density at radius 3 is 2.42 bits per heavy atom. The van der Waals surface area contributed by atoms with E-state index in [1.807, 2.05) is 11.0 Å². The van der Waals surface area contributed by atoms with Crippen molar-refractivity contribution in [1.82, 2.24) is 9.80 Å². The summed E-state index contributed by atoms with van der Waals surface area (Å²) in [6.07, 6.45) is 1.07. The van der Waals surface area contributed by atoms with E-state index < -0.39 is 0 Å². The molecule has 19 heavy (non-hydrogen) atoms. The van der Waals surface area contributed by atoms with Gasteiger partial charge < -0.3 is 10.6 Å². The van der Waals surface area contributed by atoms with Crippen molar-refractivity contribution in [2.75, 3.05) is 32.7 Å². The van der Waals surface area contributed by atoms with Crippen LogP contribution in [-0.4, -0.2) is 54.5 Å². The lowest BCUT2D eigenvalue weighted by Crippen LogP contribution is -2.52. The zero-order chi connectivity index (χ0) is 13.7. The van der Waals surface area contributed by atoms with Crippen LogP contribution in [0.15, 0.2) is 30.3 Å². The molecule has 2 rings (SSSR count). The van der Waals surface area contributed by atoms with Crippen molar-refractivity contribution in [3.8, 4) is 0 Å². The van der Waals surface area contributed by atoms with E-state index in [0.717, 1.165) is 39.1 Å². The normalized spacial score (nSPS) is 18.3. The van der Waals surface area contributed by atoms with Gasteiger partial charge >= 0.3 is 0 Å². The third-order valence-electron chi connectivity index (χ3n) is 3.63. The van der Waals surface area contributed by atoms with E-state index in [2.05, 4.69) is 29.2 Å². The van der Waals surface area contributed by atoms with Crippen molar-refractivity contribution in [2.45, 2.75) is 19.4 Å². The zero-order valence-electron chi connectivity index (χ0n) is 11.6. The van der Waals surface area contributed by atoms with E-state index in [4.69, 9.17) is 5.73 Å². The Labute approximate surface area is 115 Å². The Bertz CT molecular complexity index is 397. The van der Waals surface area contributed by atoms with Crippen molar-refractivity contribution in [3.05, 3.63) is 35.9 Å². The lowest BCUT2D eigenvalue weighted by Gasteiger charge is -2.35. The minimum Gasteiger partial charge on any atom is -0.339 e. The smallest absolute Gasteiger partial charge is 0.239 e. The second-order valence-corrected chi connectivity index (χ2v) is 5.19. The summed E-state index contributed by atoms with van der Waals surface area (Å²) in [5.41, 5.74) is 7.00. The molecule has 1 aromatic rings. The summed E-state index contributed by atoms with van der Waals surface area (Å²) in [5, 5.41) is 0. The number of rotatable bonds is 4. The molecule has 1 atom stereocenters. The molecule has 4 heteroatoms. The second kappa shape index (κ2) is 6.68. The van der Waals surface area contributed by atoms with Gasteiger partial charge in [-0.1, -0.05) is 30.3 Å². The Morgan fingerprint density at radius 2 is 1.84 bits per heavy atom. The summed E-state index contributed by atoms with van der Waals surface area (Å²) in [7, 11) is 0. The van der Waals surface area contributed by atoms with Crippen molar-refractivity contribution in [3.63, 3.8) is 0 Å². The first-order valence-electron chi connectivity index (χ1n) is 6.97. The number of carbonyl (C=O) groups excluding carboxylic acids is 1. The maximum absolute atomic E-state index is 11.8. The fourth-order valence-corrected chi connectivity index (χ4v) is 2.41. The first kappa shape index (κ1) is 14.0. The molecule has 1 aromatic carbocycles. The van der Waals surface area contributed by atoms with Gasteiger partial charge in [-0.2, -0.15) is 0 Å². The molecule has 104 valence electrons. The molecule has 1 aliphatic heterocycles. The van der Waals surface area contributed by atoms with Gasteiger partial charge in [0.2, 0.25) is 5.91 Å². The molecule has 1 heterocycles. The van der Waals surface area contributed by atoms with Gasteiger partial charge in [0.1, 0.15) is 0 Å². The average Bonchev–Trinajstić information content (AvgIpc) is 2.46. The molecule has 0 bridgehead atoms. The highest BCUT2D eigenvalue weighted by Crippen LogP contribution is 2.06. The predicted octanol–water partition coefficient (Wildman–Crippen LogP) is 0.721. The fourth-order valence-electron chi connectivity index (χ4n) is 2.41. The van der Waals surface area contributed by atoms with Crippen LogP contribution in [0.4, 0.5) is 0 Å². The summed E-state index contributed by atoms with van der Waals surface area (Å²) in [6, 6.07) is 10.1. The van der Waals surface area contributed by atoms with Crippen LogP contribution >= 0.6 is 0 Å². The van der Waals surface area contributed by atoms with Crippen LogP contribution in [0.3, 0.4) is 0 Å². The minimum atomic E-state index is -0.379. The van der Waals surface area contributed by atoms with Crippen LogP contribution in [0.1, 0.15) is 12.5 Å². The lowest BCUT2D eigenvalue weighted by molar-refractivity contribution is -0.133. The first-order chi connectivity index (χ1) is 9.16. The summed E-state index contributed by atoms with van der Waals surface area (Å²) < 4.78 is 0. The van der Waals surface area contributed by atoms with Crippen LogP contribution in [-0.2, 0) is 11.2 Å². The number of piperazine rings is 1. The highest BCUT2D eigenvalue weighted by molar-refractivity contribution is 5.81. The van der Waals surface area contributed by atoms with Crippen LogP contribution in [0, 0.1) is 0 Å². The minimum absolute atomic E-state index is 0.0720. The highest BCUT2D eigenvalue weighted by atomic mass is 16.2. The quantitative estimate of drug-likeness (QED) is 0.869. The van der Waals surface area contributed by atoms with E-state index in [9.17, 15) is 4.79 Å². The molecule has 2 N–H and O–H groups in total. The molecule has 0 aliphatic carbocycles. The number of benzene rings is 1. The van der Waals surface area contributed by atoms with Crippen molar-refractivity contribution < 1.29 is 4.79 Å². The molecular weight excluding hydrogens is 238 g/mol. The molecule has 1 aliphatic rings. The Kier molecular flexibility index (Phi) is 4.93. The van der Waals surface area contributed by atoms with Gasteiger partial charge in [-0.25, -0.2) is 0 Å². The molecule has 0 saturated carbocycles. The van der Waals surface area contributed by atoms with Gasteiger partial charge in [-0.15, -0.1) is 0 Å². The van der Waals surface area contributed by atoms with Gasteiger partial charge in [-0.05, 0) is 18.9 Å². The molecule has 0 spiro atoms. The molecule has 0 aromatic heterocycles. The van der Waals surface area contributed by atoms with Gasteiger partial charge in [0, 0.05) is 32.7 Å². The third kappa shape index (κ3) is 4.04. The number of hydrogen-bond acceptors (Lipinski definition) is 3. The topological polar surface area (TPSA) is 49.6 Å². The van der Waals surface area contributed by atoms with E-state index in [1.165, 1.54) is 5.56 Å². The maximum atomic E-state index is 11.8. The summed E-state index contributed by atoms with van der Waals surface area (Å²) in [4.78, 5) is 16.1. The largest absolute Gasteiger partial charge is 0.339 e. The van der Waals surface area contributed by atoms with Gasteiger partial charge in [-0.3, -0.25) is 9.69 Å².